The molecule has 2 aliphatic rings. The minimum atomic E-state index is -0.230. The Bertz CT molecular complexity index is 2660. The lowest BCUT2D eigenvalue weighted by Crippen LogP contribution is -2.15. The molecule has 0 radical (unpaired) electrons. The first-order valence-electron chi connectivity index (χ1n) is 17.0. The number of para-hydroxylation sites is 1. The Labute approximate surface area is 285 Å². The second-order valence-electron chi connectivity index (χ2n) is 14.5. The van der Waals surface area contributed by atoms with E-state index in [1.54, 1.807) is 0 Å². The molecule has 234 valence electrons. The van der Waals surface area contributed by atoms with Crippen LogP contribution in [0.15, 0.2) is 132 Å². The number of aromatic nitrogens is 3. The van der Waals surface area contributed by atoms with Crippen LogP contribution in [0.25, 0.3) is 78.4 Å². The molecule has 0 atom stereocenters. The van der Waals surface area contributed by atoms with Crippen LogP contribution in [0.2, 0.25) is 0 Å². The zero-order valence-electron chi connectivity index (χ0n) is 27.9. The molecular weight excluding hydrogens is 599 g/mol. The van der Waals surface area contributed by atoms with Gasteiger partial charge in [0.2, 0.25) is 0 Å². The first-order chi connectivity index (χ1) is 23.8. The number of fused-ring (bicyclic) bond motifs is 10. The summed E-state index contributed by atoms with van der Waals surface area (Å²) in [4.78, 5) is 15.4. The van der Waals surface area contributed by atoms with E-state index in [0.29, 0.717) is 17.5 Å². The van der Waals surface area contributed by atoms with Gasteiger partial charge in [-0.25, -0.2) is 15.0 Å². The molecule has 4 nitrogen and oxygen atoms in total. The van der Waals surface area contributed by atoms with E-state index in [2.05, 4.69) is 131 Å². The Morgan fingerprint density at radius 1 is 0.429 bits per heavy atom. The molecule has 4 heteroatoms. The fourth-order valence-electron chi connectivity index (χ4n) is 8.33. The van der Waals surface area contributed by atoms with E-state index >= 15 is 0 Å². The lowest BCUT2D eigenvalue weighted by Gasteiger charge is -2.22. The summed E-state index contributed by atoms with van der Waals surface area (Å²) < 4.78 is 6.52. The molecule has 0 unspecified atom stereocenters. The number of hydrogen-bond acceptors (Lipinski definition) is 4. The Morgan fingerprint density at radius 2 is 1.00 bits per heavy atom. The van der Waals surface area contributed by atoms with E-state index in [1.165, 1.54) is 44.5 Å². The van der Waals surface area contributed by atoms with E-state index in [1.807, 2.05) is 24.3 Å². The average molecular weight is 632 g/mol. The van der Waals surface area contributed by atoms with E-state index in [0.717, 1.165) is 38.6 Å². The van der Waals surface area contributed by atoms with Crippen LogP contribution in [0.4, 0.5) is 0 Å². The fourth-order valence-corrected chi connectivity index (χ4v) is 8.33. The van der Waals surface area contributed by atoms with Gasteiger partial charge in [0, 0.05) is 43.9 Å². The second-order valence-corrected chi connectivity index (χ2v) is 14.5. The monoisotopic (exact) mass is 631 g/mol. The summed E-state index contributed by atoms with van der Waals surface area (Å²) in [6.45, 7) is 9.21. The van der Waals surface area contributed by atoms with Crippen LogP contribution >= 0.6 is 0 Å². The largest absolute Gasteiger partial charge is 0.455 e. The Hall–Kier alpha value is -5.87. The summed E-state index contributed by atoms with van der Waals surface area (Å²) in [6.07, 6.45) is 0. The molecule has 0 aliphatic heterocycles. The average Bonchev–Trinajstić information content (AvgIpc) is 3.71. The summed E-state index contributed by atoms with van der Waals surface area (Å²) in [5.74, 6) is 2.00. The number of furan rings is 1. The van der Waals surface area contributed by atoms with Gasteiger partial charge in [-0.1, -0.05) is 137 Å². The smallest absolute Gasteiger partial charge is 0.164 e. The minimum Gasteiger partial charge on any atom is -0.455 e. The van der Waals surface area contributed by atoms with Gasteiger partial charge < -0.3 is 4.42 Å². The third-order valence-corrected chi connectivity index (χ3v) is 10.9. The molecule has 0 fully saturated rings. The van der Waals surface area contributed by atoms with E-state index < -0.39 is 0 Å². The summed E-state index contributed by atoms with van der Waals surface area (Å²) >= 11 is 0. The highest BCUT2D eigenvalue weighted by molar-refractivity contribution is 6.11. The molecule has 0 N–H and O–H groups in total. The van der Waals surface area contributed by atoms with Gasteiger partial charge in [-0.3, -0.25) is 0 Å². The van der Waals surface area contributed by atoms with Crippen molar-refractivity contribution in [1.82, 2.24) is 15.0 Å². The van der Waals surface area contributed by atoms with Crippen molar-refractivity contribution in [3.05, 3.63) is 150 Å². The third kappa shape index (κ3) is 3.95. The lowest BCUT2D eigenvalue weighted by molar-refractivity contribution is 0.653. The molecule has 2 aliphatic carbocycles. The van der Waals surface area contributed by atoms with Crippen LogP contribution in [0.5, 0.6) is 0 Å². The molecule has 8 aromatic rings. The molecule has 10 rings (SSSR count). The Balaban J connectivity index is 1.14. The highest BCUT2D eigenvalue weighted by Gasteiger charge is 2.38. The van der Waals surface area contributed by atoms with Crippen molar-refractivity contribution in [2.45, 2.75) is 38.5 Å². The minimum absolute atomic E-state index is 0.119. The van der Waals surface area contributed by atoms with Gasteiger partial charge in [-0.15, -0.1) is 0 Å². The van der Waals surface area contributed by atoms with Crippen LogP contribution in [0, 0.1) is 0 Å². The summed E-state index contributed by atoms with van der Waals surface area (Å²) in [5.41, 5.74) is 14.6. The van der Waals surface area contributed by atoms with Crippen molar-refractivity contribution in [2.75, 3.05) is 0 Å². The third-order valence-electron chi connectivity index (χ3n) is 10.9. The Morgan fingerprint density at radius 3 is 1.76 bits per heavy atom. The number of hydrogen-bond donors (Lipinski definition) is 0. The second kappa shape index (κ2) is 9.83. The van der Waals surface area contributed by atoms with Crippen LogP contribution in [0.1, 0.15) is 49.9 Å². The van der Waals surface area contributed by atoms with Crippen LogP contribution in [-0.4, -0.2) is 15.0 Å². The molecule has 49 heavy (non-hydrogen) atoms. The summed E-state index contributed by atoms with van der Waals surface area (Å²) in [5, 5.41) is 2.30. The first-order valence-corrected chi connectivity index (χ1v) is 17.0. The number of nitrogens with zero attached hydrogens (tertiary/aromatic N) is 3. The first kappa shape index (κ1) is 28.2. The summed E-state index contributed by atoms with van der Waals surface area (Å²) in [6, 6.07) is 45.1. The molecular formula is C45H33N3O. The molecule has 2 heterocycles. The molecule has 2 aromatic heterocycles. The van der Waals surface area contributed by atoms with Crippen molar-refractivity contribution >= 4 is 21.9 Å². The highest BCUT2D eigenvalue weighted by Crippen LogP contribution is 2.53. The van der Waals surface area contributed by atoms with Gasteiger partial charge in [-0.05, 0) is 57.1 Å². The SMILES string of the molecule is CC1(C)c2ccccc2-c2ccc(-c3nc(-c4ccccc4)nc(-c4ccc5c(c4)C(C)(C)c4ccc6c(oc7ccccc76)c4-5)n3)cc21. The van der Waals surface area contributed by atoms with Gasteiger partial charge in [0.1, 0.15) is 11.2 Å². The molecule has 0 spiro atoms. The molecule has 0 saturated heterocycles. The number of rotatable bonds is 3. The van der Waals surface area contributed by atoms with E-state index in [-0.39, 0.29) is 10.8 Å². The van der Waals surface area contributed by atoms with Crippen molar-refractivity contribution < 1.29 is 4.42 Å². The predicted octanol–water partition coefficient (Wildman–Crippen LogP) is 11.4. The van der Waals surface area contributed by atoms with Crippen molar-refractivity contribution in [1.29, 1.82) is 0 Å². The topological polar surface area (TPSA) is 51.8 Å². The molecule has 6 aromatic carbocycles. The van der Waals surface area contributed by atoms with E-state index in [4.69, 9.17) is 19.4 Å². The number of benzene rings is 6. The van der Waals surface area contributed by atoms with Gasteiger partial charge in [0.25, 0.3) is 0 Å². The standard InChI is InChI=1S/C45H33N3O/c1-44(2)34-16-10-8-14-29(34)30-20-18-27(24-36(30)44)42-46-41(26-12-6-5-7-13-26)47-43(48-42)28-19-21-33-37(25-28)45(3,4)35-23-22-32-31-15-9-11-17-38(31)49-40(32)39(33)35/h5-25H,1-4H3. The maximum atomic E-state index is 6.52. The van der Waals surface area contributed by atoms with Crippen LogP contribution in [-0.2, 0) is 10.8 Å². The quantitative estimate of drug-likeness (QED) is 0.195. The summed E-state index contributed by atoms with van der Waals surface area (Å²) in [7, 11) is 0. The van der Waals surface area contributed by atoms with Gasteiger partial charge in [0.05, 0.1) is 0 Å². The van der Waals surface area contributed by atoms with Crippen molar-refractivity contribution in [3.8, 4) is 56.4 Å². The van der Waals surface area contributed by atoms with Crippen LogP contribution in [0.3, 0.4) is 0 Å². The van der Waals surface area contributed by atoms with Crippen LogP contribution < -0.4 is 0 Å². The van der Waals surface area contributed by atoms with E-state index in [9.17, 15) is 0 Å². The molecule has 0 bridgehead atoms. The fraction of sp³-hybridized carbons (Fsp3) is 0.133. The molecule has 0 amide bonds. The van der Waals surface area contributed by atoms with Crippen molar-refractivity contribution in [3.63, 3.8) is 0 Å². The Kier molecular flexibility index (Phi) is 5.65. The maximum absolute atomic E-state index is 6.52. The normalized spacial score (nSPS) is 14.9. The predicted molar refractivity (Wildman–Crippen MR) is 199 cm³/mol. The lowest BCUT2D eigenvalue weighted by atomic mass is 9.82. The molecule has 0 saturated carbocycles. The van der Waals surface area contributed by atoms with Crippen molar-refractivity contribution in [2.24, 2.45) is 0 Å². The van der Waals surface area contributed by atoms with Gasteiger partial charge in [0.15, 0.2) is 17.5 Å². The highest BCUT2D eigenvalue weighted by atomic mass is 16.3. The zero-order chi connectivity index (χ0) is 33.1. The van der Waals surface area contributed by atoms with Gasteiger partial charge >= 0.3 is 0 Å². The van der Waals surface area contributed by atoms with Gasteiger partial charge in [-0.2, -0.15) is 0 Å². The maximum Gasteiger partial charge on any atom is 0.164 e. The zero-order valence-corrected chi connectivity index (χ0v) is 27.9.